The van der Waals surface area contributed by atoms with Crippen LogP contribution >= 0.6 is 0 Å². The van der Waals surface area contributed by atoms with Crippen LogP contribution in [0, 0.1) is 0 Å². The minimum Gasteiger partial charge on any atom is -0.458 e. The van der Waals surface area contributed by atoms with Gasteiger partial charge in [-0.1, -0.05) is 146 Å². The van der Waals surface area contributed by atoms with Crippen LogP contribution in [0.5, 0.6) is 11.5 Å². The first-order valence-electron chi connectivity index (χ1n) is 17.6. The minimum atomic E-state index is -0.128. The lowest BCUT2D eigenvalue weighted by Gasteiger charge is -2.29. The molecule has 0 bridgehead atoms. The number of ether oxygens (including phenoxy) is 1. The van der Waals surface area contributed by atoms with Crippen molar-refractivity contribution in [2.75, 3.05) is 0 Å². The number of benzene rings is 10. The first-order chi connectivity index (χ1) is 25.3. The summed E-state index contributed by atoms with van der Waals surface area (Å²) in [6, 6.07) is 59.4. The van der Waals surface area contributed by atoms with Crippen LogP contribution in [-0.2, 0) is 0 Å². The third-order valence-electron chi connectivity index (χ3n) is 11.3. The predicted octanol–water partition coefficient (Wildman–Crippen LogP) is 11.1. The minimum absolute atomic E-state index is 0.128. The summed E-state index contributed by atoms with van der Waals surface area (Å²) in [6.45, 7) is -0.128. The molecule has 0 radical (unpaired) electrons. The van der Waals surface area contributed by atoms with E-state index in [1.54, 1.807) is 0 Å². The Labute approximate surface area is 293 Å². The number of hydrogen-bond acceptors (Lipinski definition) is 2. The van der Waals surface area contributed by atoms with Crippen molar-refractivity contribution in [1.29, 1.82) is 0 Å². The van der Waals surface area contributed by atoms with Crippen LogP contribution in [0.25, 0.3) is 86.6 Å². The molecule has 3 heteroatoms. The molecule has 11 aromatic rings. The Bertz CT molecular complexity index is 3130. The topological polar surface area (TPSA) is 22.4 Å². The number of hydrogen-bond donors (Lipinski definition) is 0. The van der Waals surface area contributed by atoms with Gasteiger partial charge in [0.2, 0.25) is 0 Å². The molecule has 0 unspecified atom stereocenters. The summed E-state index contributed by atoms with van der Waals surface area (Å²) in [5.41, 5.74) is 5.26. The van der Waals surface area contributed by atoms with Gasteiger partial charge in [-0.3, -0.25) is 0 Å². The highest BCUT2D eigenvalue weighted by molar-refractivity contribution is 6.98. The van der Waals surface area contributed by atoms with Gasteiger partial charge in [0.25, 0.3) is 6.71 Å². The Balaban J connectivity index is 1.25. The van der Waals surface area contributed by atoms with E-state index in [4.69, 9.17) is 9.15 Å². The molecule has 2 heterocycles. The molecule has 0 atom stereocenters. The molecular weight excluding hydrogens is 619 g/mol. The fourth-order valence-electron chi connectivity index (χ4n) is 9.14. The van der Waals surface area contributed by atoms with Gasteiger partial charge in [-0.2, -0.15) is 0 Å². The summed E-state index contributed by atoms with van der Waals surface area (Å²) < 4.78 is 13.9. The fourth-order valence-corrected chi connectivity index (χ4v) is 9.14. The van der Waals surface area contributed by atoms with Gasteiger partial charge in [-0.05, 0) is 99.2 Å². The fraction of sp³-hybridized carbons (Fsp3) is 0. The van der Waals surface area contributed by atoms with Gasteiger partial charge >= 0.3 is 0 Å². The van der Waals surface area contributed by atoms with Crippen LogP contribution in [0.4, 0.5) is 0 Å². The van der Waals surface area contributed by atoms with Crippen LogP contribution < -0.4 is 21.1 Å². The van der Waals surface area contributed by atoms with E-state index in [-0.39, 0.29) is 6.71 Å². The Kier molecular flexibility index (Phi) is 5.35. The Morgan fingerprint density at radius 1 is 0.294 bits per heavy atom. The molecule has 1 aromatic heterocycles. The third-order valence-corrected chi connectivity index (χ3v) is 11.3. The highest BCUT2D eigenvalue weighted by Gasteiger charge is 2.36. The molecule has 1 aliphatic heterocycles. The number of para-hydroxylation sites is 2. The Morgan fingerprint density at radius 3 is 1.14 bits per heavy atom. The molecule has 0 N–H and O–H groups in total. The van der Waals surface area contributed by atoms with Gasteiger partial charge in [0.15, 0.2) is 0 Å². The predicted molar refractivity (Wildman–Crippen MR) is 216 cm³/mol. The van der Waals surface area contributed by atoms with Gasteiger partial charge < -0.3 is 9.15 Å². The number of fused-ring (bicyclic) bond motifs is 17. The second-order valence-electron chi connectivity index (χ2n) is 13.9. The van der Waals surface area contributed by atoms with Crippen molar-refractivity contribution < 1.29 is 9.15 Å². The second kappa shape index (κ2) is 10.00. The van der Waals surface area contributed by atoms with Crippen molar-refractivity contribution in [2.24, 2.45) is 0 Å². The summed E-state index contributed by atoms with van der Waals surface area (Å²) in [6.07, 6.45) is 0. The van der Waals surface area contributed by atoms with E-state index in [0.29, 0.717) is 0 Å². The van der Waals surface area contributed by atoms with Crippen molar-refractivity contribution in [2.45, 2.75) is 0 Å². The molecule has 1 aliphatic rings. The first-order valence-corrected chi connectivity index (χ1v) is 17.6. The average molecular weight is 647 g/mol. The zero-order valence-corrected chi connectivity index (χ0v) is 27.5. The van der Waals surface area contributed by atoms with Gasteiger partial charge in [0.05, 0.1) is 0 Å². The normalized spacial score (nSPS) is 12.8. The summed E-state index contributed by atoms with van der Waals surface area (Å²) in [5.74, 6) is 1.77. The molecule has 10 aromatic carbocycles. The molecule has 0 amide bonds. The molecule has 0 saturated heterocycles. The maximum atomic E-state index is 7.11. The average Bonchev–Trinajstić information content (AvgIpc) is 3.58. The molecule has 51 heavy (non-hydrogen) atoms. The van der Waals surface area contributed by atoms with Crippen LogP contribution in [-0.4, -0.2) is 6.71 Å². The van der Waals surface area contributed by atoms with E-state index in [1.807, 2.05) is 6.07 Å². The van der Waals surface area contributed by atoms with Crippen LogP contribution in [0.2, 0.25) is 0 Å². The Morgan fingerprint density at radius 2 is 0.667 bits per heavy atom. The maximum absolute atomic E-state index is 7.11. The lowest BCUT2D eigenvalue weighted by atomic mass is 9.35. The van der Waals surface area contributed by atoms with E-state index < -0.39 is 0 Å². The monoisotopic (exact) mass is 646 g/mol. The molecule has 12 rings (SSSR count). The van der Waals surface area contributed by atoms with Crippen LogP contribution in [0.3, 0.4) is 0 Å². The SMILES string of the molecule is c1ccc2c(c1)oc1c(B3c4cc5c6ccccc6c6ccccc6c5cc4Oc4cc5c6ccccc6c6ccccc6c5cc43)cccc12. The molecule has 234 valence electrons. The van der Waals surface area contributed by atoms with E-state index in [0.717, 1.165) is 49.8 Å². The molecular formula is C48H27BO2. The van der Waals surface area contributed by atoms with Gasteiger partial charge in [0, 0.05) is 10.8 Å². The summed E-state index contributed by atoms with van der Waals surface area (Å²) in [7, 11) is 0. The van der Waals surface area contributed by atoms with Crippen molar-refractivity contribution in [3.8, 4) is 11.5 Å². The lowest BCUT2D eigenvalue weighted by molar-refractivity contribution is 0.489. The summed E-state index contributed by atoms with van der Waals surface area (Å²) in [4.78, 5) is 0. The van der Waals surface area contributed by atoms with Gasteiger partial charge in [-0.25, -0.2) is 0 Å². The highest BCUT2D eigenvalue weighted by atomic mass is 16.5. The van der Waals surface area contributed by atoms with Crippen molar-refractivity contribution in [3.05, 3.63) is 164 Å². The number of rotatable bonds is 1. The smallest absolute Gasteiger partial charge is 0.255 e. The van der Waals surface area contributed by atoms with E-state index in [1.165, 1.54) is 64.6 Å². The third kappa shape index (κ3) is 3.67. The molecule has 0 spiro atoms. The van der Waals surface area contributed by atoms with Gasteiger partial charge in [-0.15, -0.1) is 0 Å². The molecule has 0 saturated carbocycles. The highest BCUT2D eigenvalue weighted by Crippen LogP contribution is 2.41. The zero-order valence-electron chi connectivity index (χ0n) is 27.5. The van der Waals surface area contributed by atoms with E-state index in [2.05, 4.69) is 158 Å². The lowest BCUT2D eigenvalue weighted by Crippen LogP contribution is -2.55. The van der Waals surface area contributed by atoms with E-state index >= 15 is 0 Å². The molecule has 2 nitrogen and oxygen atoms in total. The van der Waals surface area contributed by atoms with Crippen LogP contribution in [0.1, 0.15) is 0 Å². The van der Waals surface area contributed by atoms with Crippen molar-refractivity contribution >= 4 is 110 Å². The van der Waals surface area contributed by atoms with Crippen molar-refractivity contribution in [1.82, 2.24) is 0 Å². The maximum Gasteiger partial charge on any atom is 0.255 e. The zero-order chi connectivity index (χ0) is 33.2. The molecule has 0 aliphatic carbocycles. The van der Waals surface area contributed by atoms with Crippen LogP contribution in [0.15, 0.2) is 168 Å². The molecule has 0 fully saturated rings. The van der Waals surface area contributed by atoms with Crippen molar-refractivity contribution in [3.63, 3.8) is 0 Å². The first kappa shape index (κ1) is 27.3. The Hall–Kier alpha value is -6.58. The standard InChI is InChI=1S/C48H27BO2/c1-5-16-32-28(12-1)30-14-3-7-18-34(30)40-26-46-43(24-38(32)40)49(42-22-11-21-37-36-20-9-10-23-45(36)51-48(37)42)44-25-39-33-17-6-2-13-29(33)31-15-4-8-19-35(31)41(39)27-47(44)50-46/h1-27H. The summed E-state index contributed by atoms with van der Waals surface area (Å²) >= 11 is 0. The number of furan rings is 1. The summed E-state index contributed by atoms with van der Waals surface area (Å²) in [5, 5.41) is 17.1. The van der Waals surface area contributed by atoms with E-state index in [9.17, 15) is 0 Å². The van der Waals surface area contributed by atoms with Gasteiger partial charge in [0.1, 0.15) is 22.7 Å². The largest absolute Gasteiger partial charge is 0.458 e. The second-order valence-corrected chi connectivity index (χ2v) is 13.9. The quantitative estimate of drug-likeness (QED) is 0.131.